The molecule has 0 saturated heterocycles. The van der Waals surface area contributed by atoms with Crippen LogP contribution in [0.15, 0.2) is 53.7 Å². The second-order valence-electron chi connectivity index (χ2n) is 7.00. The Bertz CT molecular complexity index is 1020. The van der Waals surface area contributed by atoms with Crippen molar-refractivity contribution in [2.75, 3.05) is 5.75 Å². The summed E-state index contributed by atoms with van der Waals surface area (Å²) < 4.78 is 15.9. The van der Waals surface area contributed by atoms with E-state index < -0.39 is 0 Å². The normalized spacial score (nSPS) is 13.5. The first-order chi connectivity index (χ1) is 14.0. The predicted octanol–water partition coefficient (Wildman–Crippen LogP) is 4.56. The zero-order valence-corrected chi connectivity index (χ0v) is 17.5. The number of rotatable bonds is 7. The van der Waals surface area contributed by atoms with Crippen molar-refractivity contribution in [1.29, 1.82) is 0 Å². The van der Waals surface area contributed by atoms with Gasteiger partial charge in [-0.1, -0.05) is 41.6 Å². The zero-order chi connectivity index (χ0) is 20.4. The first kappa shape index (κ1) is 19.9. The second kappa shape index (κ2) is 8.55. The lowest BCUT2D eigenvalue weighted by atomic mass is 10.2. The molecule has 1 heterocycles. The van der Waals surface area contributed by atoms with E-state index in [0.29, 0.717) is 28.1 Å². The molecule has 1 aliphatic rings. The van der Waals surface area contributed by atoms with E-state index in [2.05, 4.69) is 10.2 Å². The Kier molecular flexibility index (Phi) is 5.87. The van der Waals surface area contributed by atoms with E-state index in [4.69, 9.17) is 11.6 Å². The molecule has 2 aromatic carbocycles. The van der Waals surface area contributed by atoms with Crippen LogP contribution in [0.25, 0.3) is 11.4 Å². The van der Waals surface area contributed by atoms with Crippen LogP contribution in [0.3, 0.4) is 0 Å². The molecule has 8 heteroatoms. The third kappa shape index (κ3) is 4.62. The average molecular weight is 431 g/mol. The molecule has 1 saturated carbocycles. The molecule has 0 atom stereocenters. The first-order valence-corrected chi connectivity index (χ1v) is 10.7. The molecule has 0 radical (unpaired) electrons. The zero-order valence-electron chi connectivity index (χ0n) is 15.9. The number of amides is 1. The number of benzene rings is 2. The fraction of sp³-hybridized carbons (Fsp3) is 0.286. The molecule has 1 amide bonds. The van der Waals surface area contributed by atoms with Crippen LogP contribution in [0, 0.1) is 5.82 Å². The molecule has 0 bridgehead atoms. The molecule has 1 fully saturated rings. The molecule has 29 heavy (non-hydrogen) atoms. The Morgan fingerprint density at radius 2 is 1.93 bits per heavy atom. The Hall–Kier alpha value is -2.38. The van der Waals surface area contributed by atoms with E-state index in [-0.39, 0.29) is 23.5 Å². The van der Waals surface area contributed by atoms with Crippen molar-refractivity contribution < 1.29 is 9.18 Å². The smallest absolute Gasteiger partial charge is 0.233 e. The van der Waals surface area contributed by atoms with E-state index in [1.54, 1.807) is 35.2 Å². The van der Waals surface area contributed by atoms with Crippen molar-refractivity contribution in [3.8, 4) is 11.4 Å². The molecule has 0 N–H and O–H groups in total. The van der Waals surface area contributed by atoms with Crippen molar-refractivity contribution in [3.05, 3.63) is 64.9 Å². The summed E-state index contributed by atoms with van der Waals surface area (Å²) in [6.45, 7) is 0.297. The Morgan fingerprint density at radius 3 is 2.62 bits per heavy atom. The van der Waals surface area contributed by atoms with Gasteiger partial charge in [0.1, 0.15) is 5.82 Å². The van der Waals surface area contributed by atoms with Crippen LogP contribution in [0.1, 0.15) is 18.4 Å². The monoisotopic (exact) mass is 430 g/mol. The number of nitrogens with zero attached hydrogens (tertiary/aromatic N) is 4. The van der Waals surface area contributed by atoms with Gasteiger partial charge < -0.3 is 9.47 Å². The minimum Gasteiger partial charge on any atom is -0.335 e. The number of carbonyl (C=O) groups excluding carboxylic acids is 1. The van der Waals surface area contributed by atoms with Gasteiger partial charge in [-0.3, -0.25) is 4.79 Å². The van der Waals surface area contributed by atoms with Gasteiger partial charge in [0, 0.05) is 35.8 Å². The molecular formula is C21H20ClFN4OS. The molecule has 150 valence electrons. The summed E-state index contributed by atoms with van der Waals surface area (Å²) in [5.41, 5.74) is 1.45. The standard InChI is InChI=1S/C21H20ClFN4OS/c1-26-20(14-6-8-16(22)9-7-14)24-25-21(26)29-13-19(28)27(17-10-11-17)12-15-4-2-3-5-18(15)23/h2-9,17H,10-13H2,1H3. The molecule has 0 spiro atoms. The highest BCUT2D eigenvalue weighted by molar-refractivity contribution is 7.99. The van der Waals surface area contributed by atoms with Gasteiger partial charge in [0.2, 0.25) is 5.91 Å². The van der Waals surface area contributed by atoms with Crippen LogP contribution >= 0.6 is 23.4 Å². The van der Waals surface area contributed by atoms with Gasteiger partial charge in [-0.25, -0.2) is 4.39 Å². The van der Waals surface area contributed by atoms with Crippen LogP contribution in [0.5, 0.6) is 0 Å². The number of halogens is 2. The predicted molar refractivity (Wildman–Crippen MR) is 112 cm³/mol. The summed E-state index contributed by atoms with van der Waals surface area (Å²) in [6, 6.07) is 14.2. The van der Waals surface area contributed by atoms with Crippen molar-refractivity contribution in [2.45, 2.75) is 30.6 Å². The molecule has 3 aromatic rings. The number of thioether (sulfide) groups is 1. The maximum atomic E-state index is 14.0. The fourth-order valence-corrected chi connectivity index (χ4v) is 4.04. The van der Waals surface area contributed by atoms with Crippen molar-refractivity contribution in [2.24, 2.45) is 7.05 Å². The summed E-state index contributed by atoms with van der Waals surface area (Å²) >= 11 is 7.28. The lowest BCUT2D eigenvalue weighted by Gasteiger charge is -2.22. The topological polar surface area (TPSA) is 51.0 Å². The highest BCUT2D eigenvalue weighted by atomic mass is 35.5. The van der Waals surface area contributed by atoms with Crippen LogP contribution in [-0.4, -0.2) is 37.4 Å². The molecule has 0 aliphatic heterocycles. The van der Waals surface area contributed by atoms with Crippen LogP contribution < -0.4 is 0 Å². The summed E-state index contributed by atoms with van der Waals surface area (Å²) in [7, 11) is 1.87. The first-order valence-electron chi connectivity index (χ1n) is 9.34. The van der Waals surface area contributed by atoms with Crippen LogP contribution in [0.2, 0.25) is 5.02 Å². The van der Waals surface area contributed by atoms with E-state index in [1.165, 1.54) is 17.8 Å². The third-order valence-electron chi connectivity index (χ3n) is 4.87. The highest BCUT2D eigenvalue weighted by Gasteiger charge is 2.33. The lowest BCUT2D eigenvalue weighted by molar-refractivity contribution is -0.129. The van der Waals surface area contributed by atoms with E-state index in [9.17, 15) is 9.18 Å². The third-order valence-corrected chi connectivity index (χ3v) is 6.13. The SMILES string of the molecule is Cn1c(SCC(=O)N(Cc2ccccc2F)C2CC2)nnc1-c1ccc(Cl)cc1. The Morgan fingerprint density at radius 1 is 1.21 bits per heavy atom. The number of carbonyl (C=O) groups is 1. The van der Waals surface area contributed by atoms with Gasteiger partial charge in [0.05, 0.1) is 5.75 Å². The molecule has 5 nitrogen and oxygen atoms in total. The minimum atomic E-state index is -0.278. The lowest BCUT2D eigenvalue weighted by Crippen LogP contribution is -2.34. The van der Waals surface area contributed by atoms with Crippen LogP contribution in [-0.2, 0) is 18.4 Å². The van der Waals surface area contributed by atoms with Crippen LogP contribution in [0.4, 0.5) is 4.39 Å². The van der Waals surface area contributed by atoms with Gasteiger partial charge in [-0.2, -0.15) is 0 Å². The van der Waals surface area contributed by atoms with Gasteiger partial charge in [-0.05, 0) is 43.2 Å². The maximum absolute atomic E-state index is 14.0. The molecule has 4 rings (SSSR count). The van der Waals surface area contributed by atoms with E-state index in [1.807, 2.05) is 23.7 Å². The number of hydrogen-bond acceptors (Lipinski definition) is 4. The Labute approximate surface area is 177 Å². The van der Waals surface area contributed by atoms with Crippen molar-refractivity contribution >= 4 is 29.3 Å². The van der Waals surface area contributed by atoms with Crippen molar-refractivity contribution in [3.63, 3.8) is 0 Å². The van der Waals surface area contributed by atoms with E-state index >= 15 is 0 Å². The summed E-state index contributed by atoms with van der Waals surface area (Å²) in [4.78, 5) is 14.6. The van der Waals surface area contributed by atoms with Gasteiger partial charge >= 0.3 is 0 Å². The van der Waals surface area contributed by atoms with Gasteiger partial charge in [0.15, 0.2) is 11.0 Å². The maximum Gasteiger partial charge on any atom is 0.233 e. The quantitative estimate of drug-likeness (QED) is 0.516. The molecular weight excluding hydrogens is 411 g/mol. The molecule has 1 aromatic heterocycles. The molecule has 0 unspecified atom stereocenters. The van der Waals surface area contributed by atoms with Gasteiger partial charge in [-0.15, -0.1) is 10.2 Å². The Balaban J connectivity index is 1.43. The summed E-state index contributed by atoms with van der Waals surface area (Å²) in [5.74, 6) is 0.649. The average Bonchev–Trinajstić information content (AvgIpc) is 3.49. The van der Waals surface area contributed by atoms with E-state index in [0.717, 1.165) is 18.4 Å². The minimum absolute atomic E-state index is 0.0169. The number of hydrogen-bond donors (Lipinski definition) is 0. The highest BCUT2D eigenvalue weighted by Crippen LogP contribution is 2.30. The summed E-state index contributed by atoms with van der Waals surface area (Å²) in [5, 5.41) is 9.77. The number of aromatic nitrogens is 3. The summed E-state index contributed by atoms with van der Waals surface area (Å²) in [6.07, 6.45) is 1.94. The largest absolute Gasteiger partial charge is 0.335 e. The fourth-order valence-electron chi connectivity index (χ4n) is 3.12. The molecule has 1 aliphatic carbocycles. The second-order valence-corrected chi connectivity index (χ2v) is 8.38. The van der Waals surface area contributed by atoms with Gasteiger partial charge in [0.25, 0.3) is 0 Å². The van der Waals surface area contributed by atoms with Crippen molar-refractivity contribution in [1.82, 2.24) is 19.7 Å².